The van der Waals surface area contributed by atoms with Gasteiger partial charge in [0.25, 0.3) is 0 Å². The number of aromatic nitrogens is 2. The van der Waals surface area contributed by atoms with Gasteiger partial charge in [-0.25, -0.2) is 4.98 Å². The van der Waals surface area contributed by atoms with Crippen LogP contribution in [0.15, 0.2) is 54.9 Å². The summed E-state index contributed by atoms with van der Waals surface area (Å²) in [7, 11) is 0. The van der Waals surface area contributed by atoms with E-state index in [-0.39, 0.29) is 12.5 Å². The Kier molecular flexibility index (Phi) is 4.62. The molecule has 24 heavy (non-hydrogen) atoms. The Bertz CT molecular complexity index is 839. The monoisotopic (exact) mass is 323 g/mol. The summed E-state index contributed by atoms with van der Waals surface area (Å²) in [6, 6.07) is 14.9. The molecular formula is C19H21N3O2. The van der Waals surface area contributed by atoms with E-state index in [4.69, 9.17) is 0 Å². The van der Waals surface area contributed by atoms with E-state index in [1.807, 2.05) is 66.9 Å². The highest BCUT2D eigenvalue weighted by atomic mass is 16.3. The molecule has 2 atom stereocenters. The highest BCUT2D eigenvalue weighted by Crippen LogP contribution is 2.18. The Hall–Kier alpha value is -2.66. The van der Waals surface area contributed by atoms with Crippen molar-refractivity contribution in [3.05, 3.63) is 66.0 Å². The number of imidazole rings is 1. The Morgan fingerprint density at radius 2 is 1.92 bits per heavy atom. The molecule has 0 aliphatic rings. The lowest BCUT2D eigenvalue weighted by molar-refractivity contribution is -0.124. The van der Waals surface area contributed by atoms with Gasteiger partial charge in [0, 0.05) is 6.54 Å². The van der Waals surface area contributed by atoms with Crippen LogP contribution in [-0.2, 0) is 4.79 Å². The molecule has 5 heteroatoms. The third-order valence-electron chi connectivity index (χ3n) is 4.21. The lowest BCUT2D eigenvalue weighted by atomic mass is 10.1. The summed E-state index contributed by atoms with van der Waals surface area (Å²) in [6.07, 6.45) is 0.951. The van der Waals surface area contributed by atoms with Crippen LogP contribution < -0.4 is 5.32 Å². The molecule has 5 nitrogen and oxygen atoms in total. The number of aliphatic hydroxyl groups is 1. The van der Waals surface area contributed by atoms with Gasteiger partial charge in [-0.05, 0) is 31.5 Å². The Morgan fingerprint density at radius 3 is 2.67 bits per heavy atom. The summed E-state index contributed by atoms with van der Waals surface area (Å²) in [5, 5.41) is 13.0. The van der Waals surface area contributed by atoms with E-state index in [0.717, 1.165) is 22.2 Å². The van der Waals surface area contributed by atoms with E-state index in [0.29, 0.717) is 0 Å². The SMILES string of the molecule is Cc1ccc([C@@H](O)CNC(=O)[C@@H](C)n2cnc3ccccc32)cc1. The number of nitrogens with one attached hydrogen (secondary N) is 1. The molecule has 0 unspecified atom stereocenters. The smallest absolute Gasteiger partial charge is 0.242 e. The van der Waals surface area contributed by atoms with Crippen molar-refractivity contribution in [2.75, 3.05) is 6.54 Å². The molecule has 0 fully saturated rings. The fraction of sp³-hybridized carbons (Fsp3) is 0.263. The number of para-hydroxylation sites is 2. The first kappa shape index (κ1) is 16.2. The van der Waals surface area contributed by atoms with Gasteiger partial charge in [0.05, 0.1) is 23.5 Å². The summed E-state index contributed by atoms with van der Waals surface area (Å²) >= 11 is 0. The fourth-order valence-corrected chi connectivity index (χ4v) is 2.66. The van der Waals surface area contributed by atoms with Crippen molar-refractivity contribution in [1.29, 1.82) is 0 Å². The molecule has 2 N–H and O–H groups in total. The van der Waals surface area contributed by atoms with Crippen LogP contribution in [0.1, 0.15) is 30.2 Å². The number of nitrogens with zero attached hydrogens (tertiary/aromatic N) is 2. The maximum atomic E-state index is 12.4. The van der Waals surface area contributed by atoms with Crippen molar-refractivity contribution in [2.24, 2.45) is 0 Å². The molecule has 1 aromatic heterocycles. The van der Waals surface area contributed by atoms with Crippen LogP contribution in [0.5, 0.6) is 0 Å². The maximum absolute atomic E-state index is 12.4. The van der Waals surface area contributed by atoms with Gasteiger partial charge < -0.3 is 15.0 Å². The topological polar surface area (TPSA) is 67.2 Å². The van der Waals surface area contributed by atoms with Crippen LogP contribution in [0, 0.1) is 6.92 Å². The van der Waals surface area contributed by atoms with Crippen molar-refractivity contribution in [3.63, 3.8) is 0 Å². The molecule has 2 aromatic carbocycles. The van der Waals surface area contributed by atoms with Crippen LogP contribution in [0.4, 0.5) is 0 Å². The van der Waals surface area contributed by atoms with Crippen LogP contribution in [0.3, 0.4) is 0 Å². The molecule has 3 rings (SSSR count). The molecule has 0 aliphatic heterocycles. The van der Waals surface area contributed by atoms with Gasteiger partial charge in [-0.2, -0.15) is 0 Å². The molecule has 0 aliphatic carbocycles. The Labute approximate surface area is 141 Å². The third-order valence-corrected chi connectivity index (χ3v) is 4.21. The second kappa shape index (κ2) is 6.84. The van der Waals surface area contributed by atoms with E-state index < -0.39 is 12.1 Å². The average Bonchev–Trinajstić information content (AvgIpc) is 3.03. The lowest BCUT2D eigenvalue weighted by Gasteiger charge is -2.17. The molecular weight excluding hydrogens is 302 g/mol. The van der Waals surface area contributed by atoms with Crippen LogP contribution in [-0.4, -0.2) is 27.1 Å². The molecule has 3 aromatic rings. The molecule has 0 radical (unpaired) electrons. The van der Waals surface area contributed by atoms with Crippen molar-refractivity contribution >= 4 is 16.9 Å². The van der Waals surface area contributed by atoms with Crippen LogP contribution in [0.25, 0.3) is 11.0 Å². The van der Waals surface area contributed by atoms with E-state index in [1.54, 1.807) is 6.33 Å². The number of aliphatic hydroxyl groups excluding tert-OH is 1. The minimum atomic E-state index is -0.721. The number of carbonyl (C=O) groups excluding carboxylic acids is 1. The van der Waals surface area contributed by atoms with Gasteiger partial charge in [0.2, 0.25) is 5.91 Å². The van der Waals surface area contributed by atoms with Gasteiger partial charge in [-0.15, -0.1) is 0 Å². The summed E-state index contributed by atoms with van der Waals surface area (Å²) in [5.74, 6) is -0.149. The first-order chi connectivity index (χ1) is 11.6. The third kappa shape index (κ3) is 3.31. The first-order valence-corrected chi connectivity index (χ1v) is 8.00. The highest BCUT2D eigenvalue weighted by Gasteiger charge is 2.18. The zero-order chi connectivity index (χ0) is 17.1. The Balaban J connectivity index is 1.65. The average molecular weight is 323 g/mol. The van der Waals surface area contributed by atoms with Gasteiger partial charge in [0.1, 0.15) is 6.04 Å². The predicted molar refractivity (Wildman–Crippen MR) is 93.6 cm³/mol. The van der Waals surface area contributed by atoms with Gasteiger partial charge in [-0.1, -0.05) is 42.0 Å². The Morgan fingerprint density at radius 1 is 1.21 bits per heavy atom. The number of aryl methyl sites for hydroxylation is 1. The van der Waals surface area contributed by atoms with E-state index in [9.17, 15) is 9.90 Å². The minimum Gasteiger partial charge on any atom is -0.387 e. The number of rotatable bonds is 5. The fourth-order valence-electron chi connectivity index (χ4n) is 2.66. The van der Waals surface area contributed by atoms with E-state index >= 15 is 0 Å². The van der Waals surface area contributed by atoms with Crippen molar-refractivity contribution in [1.82, 2.24) is 14.9 Å². The summed E-state index contributed by atoms with van der Waals surface area (Å²) in [5.41, 5.74) is 3.70. The minimum absolute atomic E-state index is 0.149. The molecule has 1 heterocycles. The van der Waals surface area contributed by atoms with Gasteiger partial charge in [0.15, 0.2) is 0 Å². The molecule has 0 saturated heterocycles. The molecule has 1 amide bonds. The zero-order valence-electron chi connectivity index (χ0n) is 13.8. The quantitative estimate of drug-likeness (QED) is 0.759. The number of amides is 1. The molecule has 0 saturated carbocycles. The lowest BCUT2D eigenvalue weighted by Crippen LogP contribution is -2.33. The van der Waals surface area contributed by atoms with Crippen molar-refractivity contribution in [2.45, 2.75) is 26.0 Å². The normalized spacial score (nSPS) is 13.6. The van der Waals surface area contributed by atoms with Crippen molar-refractivity contribution < 1.29 is 9.90 Å². The molecule has 0 spiro atoms. The molecule has 0 bridgehead atoms. The van der Waals surface area contributed by atoms with E-state index in [1.165, 1.54) is 0 Å². The molecule has 124 valence electrons. The summed E-state index contributed by atoms with van der Waals surface area (Å²) in [4.78, 5) is 16.7. The number of benzene rings is 2. The maximum Gasteiger partial charge on any atom is 0.242 e. The van der Waals surface area contributed by atoms with Gasteiger partial charge in [-0.3, -0.25) is 4.79 Å². The zero-order valence-corrected chi connectivity index (χ0v) is 13.8. The van der Waals surface area contributed by atoms with E-state index in [2.05, 4.69) is 10.3 Å². The first-order valence-electron chi connectivity index (χ1n) is 8.00. The summed E-state index contributed by atoms with van der Waals surface area (Å²) < 4.78 is 1.84. The number of hydrogen-bond donors (Lipinski definition) is 2. The number of hydrogen-bond acceptors (Lipinski definition) is 3. The summed E-state index contributed by atoms with van der Waals surface area (Å²) in [6.45, 7) is 4.00. The second-order valence-corrected chi connectivity index (χ2v) is 5.99. The van der Waals surface area contributed by atoms with Crippen LogP contribution in [0.2, 0.25) is 0 Å². The second-order valence-electron chi connectivity index (χ2n) is 5.99. The largest absolute Gasteiger partial charge is 0.387 e. The number of carbonyl (C=O) groups is 1. The van der Waals surface area contributed by atoms with Crippen molar-refractivity contribution in [3.8, 4) is 0 Å². The van der Waals surface area contributed by atoms with Gasteiger partial charge >= 0.3 is 0 Å². The highest BCUT2D eigenvalue weighted by molar-refractivity contribution is 5.83. The van der Waals surface area contributed by atoms with Crippen LogP contribution >= 0.6 is 0 Å². The standard InChI is InChI=1S/C19H21N3O2/c1-13-7-9-15(10-8-13)18(23)11-20-19(24)14(2)22-12-21-16-5-3-4-6-17(16)22/h3-10,12,14,18,23H,11H2,1-2H3,(H,20,24)/t14-,18+/m1/s1. The predicted octanol–water partition coefficient (Wildman–Crippen LogP) is 2.76. The number of fused-ring (bicyclic) bond motifs is 1.